The van der Waals surface area contributed by atoms with Gasteiger partial charge < -0.3 is 4.90 Å². The van der Waals surface area contributed by atoms with E-state index in [0.717, 1.165) is 24.9 Å². The molecule has 0 aliphatic heterocycles. The molecule has 1 aliphatic rings. The molecule has 1 aliphatic carbocycles. The van der Waals surface area contributed by atoms with Crippen LogP contribution >= 0.6 is 11.3 Å². The molecule has 1 saturated carbocycles. The monoisotopic (exact) mass is 321 g/mol. The van der Waals surface area contributed by atoms with E-state index in [1.54, 1.807) is 11.3 Å². The van der Waals surface area contributed by atoms with Crippen LogP contribution in [0.25, 0.3) is 10.8 Å². The Bertz CT molecular complexity index is 821. The smallest absolute Gasteiger partial charge is 0.227 e. The first-order chi connectivity index (χ1) is 11.3. The van der Waals surface area contributed by atoms with E-state index in [1.807, 2.05) is 12.1 Å². The van der Waals surface area contributed by atoms with Crippen molar-refractivity contribution in [3.05, 3.63) is 70.4 Å². The lowest BCUT2D eigenvalue weighted by molar-refractivity contribution is -0.131. The summed E-state index contributed by atoms with van der Waals surface area (Å²) in [5, 5.41) is 4.50. The average Bonchev–Trinajstić information content (AvgIpc) is 3.28. The van der Waals surface area contributed by atoms with Crippen LogP contribution < -0.4 is 0 Å². The lowest BCUT2D eigenvalue weighted by Crippen LogP contribution is -2.33. The number of carbonyl (C=O) groups excluding carboxylic acids is 1. The number of thiophene rings is 1. The van der Waals surface area contributed by atoms with Gasteiger partial charge in [-0.1, -0.05) is 48.5 Å². The summed E-state index contributed by atoms with van der Waals surface area (Å²) in [6, 6.07) is 19.2. The Morgan fingerprint density at radius 1 is 1.04 bits per heavy atom. The fourth-order valence-electron chi connectivity index (χ4n) is 3.00. The summed E-state index contributed by atoms with van der Waals surface area (Å²) in [6.07, 6.45) is 2.79. The van der Waals surface area contributed by atoms with Crippen LogP contribution in [-0.4, -0.2) is 16.8 Å². The number of rotatable bonds is 5. The van der Waals surface area contributed by atoms with Crippen molar-refractivity contribution in [2.45, 2.75) is 31.8 Å². The molecule has 3 heteroatoms. The van der Waals surface area contributed by atoms with E-state index >= 15 is 0 Å². The van der Waals surface area contributed by atoms with Gasteiger partial charge in [0, 0.05) is 10.9 Å². The molecule has 116 valence electrons. The highest BCUT2D eigenvalue weighted by Crippen LogP contribution is 2.30. The second kappa shape index (κ2) is 6.17. The third kappa shape index (κ3) is 3.30. The van der Waals surface area contributed by atoms with E-state index in [2.05, 4.69) is 52.7 Å². The summed E-state index contributed by atoms with van der Waals surface area (Å²) in [5.74, 6) is 0.246. The Morgan fingerprint density at radius 2 is 1.87 bits per heavy atom. The van der Waals surface area contributed by atoms with E-state index in [4.69, 9.17) is 0 Å². The van der Waals surface area contributed by atoms with Crippen molar-refractivity contribution in [1.29, 1.82) is 0 Å². The van der Waals surface area contributed by atoms with E-state index in [9.17, 15) is 4.79 Å². The average molecular weight is 321 g/mol. The molecule has 0 N–H and O–H groups in total. The van der Waals surface area contributed by atoms with Gasteiger partial charge in [-0.05, 0) is 40.6 Å². The highest BCUT2D eigenvalue weighted by Gasteiger charge is 2.32. The first-order valence-corrected chi connectivity index (χ1v) is 8.97. The van der Waals surface area contributed by atoms with Crippen molar-refractivity contribution in [2.24, 2.45) is 0 Å². The molecule has 0 radical (unpaired) electrons. The van der Waals surface area contributed by atoms with E-state index in [0.29, 0.717) is 12.5 Å². The molecule has 0 spiro atoms. The minimum atomic E-state index is 0.246. The van der Waals surface area contributed by atoms with Crippen molar-refractivity contribution >= 4 is 28.0 Å². The van der Waals surface area contributed by atoms with Crippen LogP contribution in [0.4, 0.5) is 0 Å². The molecule has 0 atom stereocenters. The number of hydrogen-bond donors (Lipinski definition) is 0. The van der Waals surface area contributed by atoms with Crippen molar-refractivity contribution < 1.29 is 4.79 Å². The van der Waals surface area contributed by atoms with Gasteiger partial charge in [0.25, 0.3) is 0 Å². The first-order valence-electron chi connectivity index (χ1n) is 8.09. The molecule has 3 aromatic rings. The summed E-state index contributed by atoms with van der Waals surface area (Å²) in [7, 11) is 0. The van der Waals surface area contributed by atoms with Gasteiger partial charge in [0.05, 0.1) is 13.0 Å². The molecule has 0 saturated heterocycles. The molecule has 1 amide bonds. The molecular weight excluding hydrogens is 302 g/mol. The Labute approximate surface area is 140 Å². The summed E-state index contributed by atoms with van der Waals surface area (Å²) < 4.78 is 0. The lowest BCUT2D eigenvalue weighted by Gasteiger charge is -2.22. The van der Waals surface area contributed by atoms with Gasteiger partial charge >= 0.3 is 0 Å². The maximum Gasteiger partial charge on any atom is 0.227 e. The highest BCUT2D eigenvalue weighted by atomic mass is 32.1. The molecule has 2 aromatic carbocycles. The van der Waals surface area contributed by atoms with Crippen LogP contribution in [0.1, 0.15) is 23.3 Å². The zero-order chi connectivity index (χ0) is 15.6. The van der Waals surface area contributed by atoms with Crippen molar-refractivity contribution in [1.82, 2.24) is 4.90 Å². The van der Waals surface area contributed by atoms with Gasteiger partial charge in [-0.25, -0.2) is 0 Å². The summed E-state index contributed by atoms with van der Waals surface area (Å²) >= 11 is 1.73. The molecule has 1 fully saturated rings. The zero-order valence-electron chi connectivity index (χ0n) is 12.9. The number of hydrogen-bond acceptors (Lipinski definition) is 2. The van der Waals surface area contributed by atoms with Gasteiger partial charge in [0.15, 0.2) is 0 Å². The third-order valence-electron chi connectivity index (χ3n) is 4.38. The predicted octanol–water partition coefficient (Wildman–Crippen LogP) is 4.64. The largest absolute Gasteiger partial charge is 0.334 e. The van der Waals surface area contributed by atoms with Crippen molar-refractivity contribution in [3.8, 4) is 0 Å². The van der Waals surface area contributed by atoms with E-state index in [-0.39, 0.29) is 5.91 Å². The lowest BCUT2D eigenvalue weighted by atomic mass is 10.0. The molecule has 4 rings (SSSR count). The molecule has 2 nitrogen and oxygen atoms in total. The number of carbonyl (C=O) groups is 1. The molecule has 1 heterocycles. The Kier molecular flexibility index (Phi) is 3.88. The number of amides is 1. The maximum atomic E-state index is 12.8. The zero-order valence-corrected chi connectivity index (χ0v) is 13.8. The highest BCUT2D eigenvalue weighted by molar-refractivity contribution is 7.09. The van der Waals surface area contributed by atoms with Crippen LogP contribution in [0.15, 0.2) is 60.0 Å². The standard InChI is InChI=1S/C20H19NOS/c22-20(21(18-9-10-18)14-19-6-3-11-23-19)13-15-7-8-16-4-1-2-5-17(16)12-15/h1-8,11-12,18H,9-10,13-14H2. The number of fused-ring (bicyclic) bond motifs is 1. The first kappa shape index (κ1) is 14.5. The maximum absolute atomic E-state index is 12.8. The quantitative estimate of drug-likeness (QED) is 0.670. The van der Waals surface area contributed by atoms with Gasteiger partial charge in [0.1, 0.15) is 0 Å². The Hall–Kier alpha value is -2.13. The molecule has 23 heavy (non-hydrogen) atoms. The third-order valence-corrected chi connectivity index (χ3v) is 5.24. The fraction of sp³-hybridized carbons (Fsp3) is 0.250. The van der Waals surface area contributed by atoms with Gasteiger partial charge in [-0.15, -0.1) is 11.3 Å². The van der Waals surface area contributed by atoms with Crippen LogP contribution in [0.3, 0.4) is 0 Å². The predicted molar refractivity (Wildman–Crippen MR) is 95.5 cm³/mol. The number of benzene rings is 2. The summed E-state index contributed by atoms with van der Waals surface area (Å²) in [5.41, 5.74) is 1.10. The molecular formula is C20H19NOS. The van der Waals surface area contributed by atoms with Crippen molar-refractivity contribution in [2.75, 3.05) is 0 Å². The molecule has 1 aromatic heterocycles. The van der Waals surface area contributed by atoms with E-state index < -0.39 is 0 Å². The van der Waals surface area contributed by atoms with Crippen LogP contribution in [-0.2, 0) is 17.8 Å². The van der Waals surface area contributed by atoms with E-state index in [1.165, 1.54) is 15.6 Å². The Balaban J connectivity index is 1.52. The van der Waals surface area contributed by atoms with Crippen molar-refractivity contribution in [3.63, 3.8) is 0 Å². The van der Waals surface area contributed by atoms with Crippen LogP contribution in [0.2, 0.25) is 0 Å². The second-order valence-electron chi connectivity index (χ2n) is 6.19. The Morgan fingerprint density at radius 3 is 2.61 bits per heavy atom. The number of nitrogens with zero attached hydrogens (tertiary/aromatic N) is 1. The van der Waals surface area contributed by atoms with Gasteiger partial charge in [-0.2, -0.15) is 0 Å². The van der Waals surface area contributed by atoms with Gasteiger partial charge in [0.2, 0.25) is 5.91 Å². The topological polar surface area (TPSA) is 20.3 Å². The van der Waals surface area contributed by atoms with Gasteiger partial charge in [-0.3, -0.25) is 4.79 Å². The molecule has 0 bridgehead atoms. The van der Waals surface area contributed by atoms with Crippen LogP contribution in [0, 0.1) is 0 Å². The summed E-state index contributed by atoms with van der Waals surface area (Å²) in [4.78, 5) is 16.1. The minimum absolute atomic E-state index is 0.246. The normalized spacial score (nSPS) is 14.1. The second-order valence-corrected chi connectivity index (χ2v) is 7.22. The fourth-order valence-corrected chi connectivity index (χ4v) is 3.71. The SMILES string of the molecule is O=C(Cc1ccc2ccccc2c1)N(Cc1cccs1)C1CC1. The minimum Gasteiger partial charge on any atom is -0.334 e. The summed E-state index contributed by atoms with van der Waals surface area (Å²) in [6.45, 7) is 0.759. The van der Waals surface area contributed by atoms with Crippen LogP contribution in [0.5, 0.6) is 0 Å². The molecule has 0 unspecified atom stereocenters.